The molecule has 0 radical (unpaired) electrons. The quantitative estimate of drug-likeness (QED) is 0.337. The van der Waals surface area contributed by atoms with Gasteiger partial charge in [-0.15, -0.1) is 0 Å². The molecule has 1 aromatic carbocycles. The molecule has 0 saturated carbocycles. The molecule has 0 aliphatic heterocycles. The zero-order valence-corrected chi connectivity index (χ0v) is 8.20. The normalized spacial score (nSPS) is 8.92. The van der Waals surface area contributed by atoms with Crippen LogP contribution in [0.2, 0.25) is 0 Å². The van der Waals surface area contributed by atoms with E-state index in [0.717, 1.165) is 25.5 Å². The van der Waals surface area contributed by atoms with Gasteiger partial charge in [0.25, 0.3) is 0 Å². The molecule has 0 heterocycles. The molecule has 0 saturated heterocycles. The summed E-state index contributed by atoms with van der Waals surface area (Å²) in [6.45, 7) is 0. The predicted octanol–water partition coefficient (Wildman–Crippen LogP) is -0.285. The minimum atomic E-state index is 0. The van der Waals surface area contributed by atoms with E-state index in [1.807, 2.05) is 6.07 Å². The predicted molar refractivity (Wildman–Crippen MR) is 51.2 cm³/mol. The van der Waals surface area contributed by atoms with E-state index >= 15 is 0 Å². The number of aryl methyl sites for hydroxylation is 1. The zero-order chi connectivity index (χ0) is 8.65. The van der Waals surface area contributed by atoms with Gasteiger partial charge in [0.1, 0.15) is 6.29 Å². The van der Waals surface area contributed by atoms with Crippen LogP contribution in [0.5, 0.6) is 0 Å². The van der Waals surface area contributed by atoms with Crippen LogP contribution in [0.15, 0.2) is 30.3 Å². The topological polar surface area (TPSA) is 17.1 Å². The van der Waals surface area contributed by atoms with Gasteiger partial charge in [0, 0.05) is 6.42 Å². The van der Waals surface area contributed by atoms with E-state index in [1.54, 1.807) is 0 Å². The van der Waals surface area contributed by atoms with Crippen molar-refractivity contribution in [3.05, 3.63) is 35.9 Å². The summed E-state index contributed by atoms with van der Waals surface area (Å²) in [5, 5.41) is 0. The van der Waals surface area contributed by atoms with E-state index in [-0.39, 0.29) is 20.3 Å². The first-order valence-electron chi connectivity index (χ1n) is 4.41. The van der Waals surface area contributed by atoms with Crippen molar-refractivity contribution in [2.75, 3.05) is 0 Å². The van der Waals surface area contributed by atoms with Gasteiger partial charge in [0.15, 0.2) is 0 Å². The Bertz CT molecular complexity index is 226. The van der Waals surface area contributed by atoms with Crippen LogP contribution >= 0.6 is 0 Å². The molecule has 1 rings (SSSR count). The van der Waals surface area contributed by atoms with Crippen molar-refractivity contribution in [3.63, 3.8) is 0 Å². The third kappa shape index (κ3) is 5.68. The summed E-state index contributed by atoms with van der Waals surface area (Å²) >= 11 is 0. The third-order valence-electron chi connectivity index (χ3n) is 1.88. The Kier molecular flexibility index (Phi) is 7.78. The molecule has 13 heavy (non-hydrogen) atoms. The van der Waals surface area contributed by atoms with Crippen molar-refractivity contribution in [3.8, 4) is 0 Å². The van der Waals surface area contributed by atoms with Crippen molar-refractivity contribution >= 4 is 6.29 Å². The standard InChI is InChI=1S/C11H14O.Li.H/c12-10-6-2-5-9-11-7-3-1-4-8-11;;/h1,3-4,7-8,10H,2,5-6,9H2;;/q;+1;-1. The second-order valence-corrected chi connectivity index (χ2v) is 2.90. The molecule has 0 aliphatic rings. The van der Waals surface area contributed by atoms with Crippen molar-refractivity contribution < 1.29 is 25.1 Å². The Labute approximate surface area is 93.2 Å². The number of aldehydes is 1. The number of carbonyl (C=O) groups is 1. The molecule has 0 amide bonds. The second-order valence-electron chi connectivity index (χ2n) is 2.90. The van der Waals surface area contributed by atoms with Crippen LogP contribution in [0.25, 0.3) is 0 Å². The van der Waals surface area contributed by atoms with Gasteiger partial charge in [-0.2, -0.15) is 0 Å². The summed E-state index contributed by atoms with van der Waals surface area (Å²) in [5.74, 6) is 0. The first kappa shape index (κ1) is 12.5. The van der Waals surface area contributed by atoms with Crippen LogP contribution in [0.4, 0.5) is 0 Å². The summed E-state index contributed by atoms with van der Waals surface area (Å²) in [6, 6.07) is 10.4. The minimum Gasteiger partial charge on any atom is -1.00 e. The summed E-state index contributed by atoms with van der Waals surface area (Å²) in [7, 11) is 0. The summed E-state index contributed by atoms with van der Waals surface area (Å²) in [4.78, 5) is 10.0. The van der Waals surface area contributed by atoms with Gasteiger partial charge in [-0.3, -0.25) is 0 Å². The molecule has 0 aliphatic carbocycles. The Morgan fingerprint density at radius 1 is 1.15 bits per heavy atom. The van der Waals surface area contributed by atoms with Gasteiger partial charge in [-0.25, -0.2) is 0 Å². The van der Waals surface area contributed by atoms with Crippen molar-refractivity contribution in [2.24, 2.45) is 0 Å². The Morgan fingerprint density at radius 3 is 2.46 bits per heavy atom. The van der Waals surface area contributed by atoms with Gasteiger partial charge in [-0.05, 0) is 24.8 Å². The molecule has 1 nitrogen and oxygen atoms in total. The first-order valence-corrected chi connectivity index (χ1v) is 4.41. The number of hydrogen-bond donors (Lipinski definition) is 0. The molecule has 0 unspecified atom stereocenters. The van der Waals surface area contributed by atoms with Gasteiger partial charge in [0.05, 0.1) is 0 Å². The van der Waals surface area contributed by atoms with E-state index in [4.69, 9.17) is 0 Å². The molecule has 2 heteroatoms. The smallest absolute Gasteiger partial charge is 1.00 e. The molecule has 0 aromatic heterocycles. The molecule has 0 atom stereocenters. The van der Waals surface area contributed by atoms with Crippen LogP contribution in [-0.4, -0.2) is 6.29 Å². The fourth-order valence-corrected chi connectivity index (χ4v) is 1.20. The number of hydrogen-bond acceptors (Lipinski definition) is 1. The van der Waals surface area contributed by atoms with E-state index in [9.17, 15) is 4.79 Å². The Hall–Kier alpha value is -0.513. The molecular formula is C11H15LiO. The molecule has 66 valence electrons. The fraction of sp³-hybridized carbons (Fsp3) is 0.364. The Morgan fingerprint density at radius 2 is 1.85 bits per heavy atom. The van der Waals surface area contributed by atoms with Crippen molar-refractivity contribution in [1.29, 1.82) is 0 Å². The monoisotopic (exact) mass is 170 g/mol. The van der Waals surface area contributed by atoms with Gasteiger partial charge < -0.3 is 6.22 Å². The summed E-state index contributed by atoms with van der Waals surface area (Å²) < 4.78 is 0. The SMILES string of the molecule is O=CCCCCc1ccccc1.[H-].[Li+]. The maximum absolute atomic E-state index is 10.0. The Balaban J connectivity index is 0. The average molecular weight is 170 g/mol. The zero-order valence-electron chi connectivity index (χ0n) is 9.20. The van der Waals surface area contributed by atoms with Crippen LogP contribution in [-0.2, 0) is 11.2 Å². The first-order chi connectivity index (χ1) is 5.93. The van der Waals surface area contributed by atoms with Crippen molar-refractivity contribution in [2.45, 2.75) is 25.7 Å². The minimum absolute atomic E-state index is 0. The fourth-order valence-electron chi connectivity index (χ4n) is 1.20. The third-order valence-corrected chi connectivity index (χ3v) is 1.88. The van der Waals surface area contributed by atoms with Crippen LogP contribution in [0.1, 0.15) is 26.3 Å². The molecule has 0 bridgehead atoms. The largest absolute Gasteiger partial charge is 1.00 e. The van der Waals surface area contributed by atoms with Crippen molar-refractivity contribution in [1.82, 2.24) is 0 Å². The number of rotatable bonds is 5. The van der Waals surface area contributed by atoms with E-state index in [1.165, 1.54) is 5.56 Å². The average Bonchev–Trinajstić information content (AvgIpc) is 2.14. The van der Waals surface area contributed by atoms with E-state index < -0.39 is 0 Å². The summed E-state index contributed by atoms with van der Waals surface area (Å²) in [6.07, 6.45) is 4.91. The number of carbonyl (C=O) groups excluding carboxylic acids is 1. The van der Waals surface area contributed by atoms with Crippen LogP contribution in [0.3, 0.4) is 0 Å². The number of benzene rings is 1. The second kappa shape index (κ2) is 8.10. The van der Waals surface area contributed by atoms with Crippen LogP contribution < -0.4 is 18.9 Å². The molecule has 0 spiro atoms. The van der Waals surface area contributed by atoms with Crippen LogP contribution in [0, 0.1) is 0 Å². The molecule has 0 fully saturated rings. The summed E-state index contributed by atoms with van der Waals surface area (Å²) in [5.41, 5.74) is 1.36. The maximum Gasteiger partial charge on any atom is 1.00 e. The maximum atomic E-state index is 10.0. The molecule has 1 aromatic rings. The van der Waals surface area contributed by atoms with Gasteiger partial charge in [-0.1, -0.05) is 30.3 Å². The molecular weight excluding hydrogens is 155 g/mol. The number of unbranched alkanes of at least 4 members (excludes halogenated alkanes) is 2. The van der Waals surface area contributed by atoms with Gasteiger partial charge >= 0.3 is 18.9 Å². The van der Waals surface area contributed by atoms with E-state index in [0.29, 0.717) is 6.42 Å². The van der Waals surface area contributed by atoms with E-state index in [2.05, 4.69) is 24.3 Å². The molecule has 0 N–H and O–H groups in total. The van der Waals surface area contributed by atoms with Gasteiger partial charge in [0.2, 0.25) is 0 Å².